The van der Waals surface area contributed by atoms with Gasteiger partial charge in [0.2, 0.25) is 0 Å². The third-order valence-electron chi connectivity index (χ3n) is 4.29. The van der Waals surface area contributed by atoms with Crippen molar-refractivity contribution in [1.82, 2.24) is 15.1 Å². The summed E-state index contributed by atoms with van der Waals surface area (Å²) >= 11 is 1.55. The van der Waals surface area contributed by atoms with E-state index >= 15 is 0 Å². The van der Waals surface area contributed by atoms with Gasteiger partial charge >= 0.3 is 0 Å². The summed E-state index contributed by atoms with van der Waals surface area (Å²) in [5, 5.41) is 9.31. The minimum Gasteiger partial charge on any atom is -0.348 e. The number of sulfone groups is 1. The first-order valence-corrected chi connectivity index (χ1v) is 10.7. The van der Waals surface area contributed by atoms with E-state index in [-0.39, 0.29) is 29.5 Å². The maximum absolute atomic E-state index is 12.4. The highest BCUT2D eigenvalue weighted by Gasteiger charge is 2.32. The summed E-state index contributed by atoms with van der Waals surface area (Å²) in [5.41, 5.74) is 1.14. The smallest absolute Gasteiger partial charge is 0.272 e. The fourth-order valence-corrected chi connectivity index (χ4v) is 5.19. The second-order valence-corrected chi connectivity index (χ2v) is 9.35. The number of hydrogen-bond donors (Lipinski definition) is 1. The number of thiophene rings is 1. The van der Waals surface area contributed by atoms with Gasteiger partial charge in [-0.05, 0) is 37.3 Å². The third kappa shape index (κ3) is 3.54. The lowest BCUT2D eigenvalue weighted by Gasteiger charge is -2.12. The molecule has 0 spiro atoms. The van der Waals surface area contributed by atoms with Crippen LogP contribution in [0.25, 0.3) is 10.6 Å². The van der Waals surface area contributed by atoms with E-state index < -0.39 is 9.84 Å². The Morgan fingerprint density at radius 2 is 2.33 bits per heavy atom. The molecule has 0 radical (unpaired) electrons. The van der Waals surface area contributed by atoms with Crippen LogP contribution in [0, 0.1) is 0 Å². The molecule has 0 bridgehead atoms. The first-order valence-electron chi connectivity index (χ1n) is 8.04. The zero-order chi connectivity index (χ0) is 17.3. The van der Waals surface area contributed by atoms with Crippen LogP contribution in [0.1, 0.15) is 43.2 Å². The summed E-state index contributed by atoms with van der Waals surface area (Å²) in [6, 6.07) is 5.51. The minimum atomic E-state index is -3.02. The van der Waals surface area contributed by atoms with Gasteiger partial charge in [0.25, 0.3) is 5.91 Å². The number of carbonyl (C=O) groups excluding carboxylic acids is 1. The van der Waals surface area contributed by atoms with Gasteiger partial charge in [-0.1, -0.05) is 13.0 Å². The Morgan fingerprint density at radius 1 is 1.54 bits per heavy atom. The fraction of sp³-hybridized carbons (Fsp3) is 0.500. The largest absolute Gasteiger partial charge is 0.348 e. The Kier molecular flexibility index (Phi) is 4.78. The van der Waals surface area contributed by atoms with Crippen LogP contribution < -0.4 is 5.32 Å². The quantitative estimate of drug-likeness (QED) is 0.880. The summed E-state index contributed by atoms with van der Waals surface area (Å²) < 4.78 is 25.4. The molecule has 2 aromatic rings. The number of nitrogens with zero attached hydrogens (tertiary/aromatic N) is 2. The van der Waals surface area contributed by atoms with Crippen molar-refractivity contribution in [2.75, 3.05) is 11.5 Å². The molecule has 1 N–H and O–H groups in total. The maximum atomic E-state index is 12.4. The van der Waals surface area contributed by atoms with Crippen LogP contribution in [0.2, 0.25) is 0 Å². The lowest BCUT2D eigenvalue weighted by molar-refractivity contribution is 0.0933. The van der Waals surface area contributed by atoms with E-state index in [0.29, 0.717) is 12.1 Å². The average Bonchev–Trinajstić information content (AvgIpc) is 3.24. The van der Waals surface area contributed by atoms with E-state index in [1.807, 2.05) is 31.4 Å². The van der Waals surface area contributed by atoms with E-state index in [1.54, 1.807) is 22.1 Å². The Hall–Kier alpha value is -1.67. The van der Waals surface area contributed by atoms with Crippen LogP contribution in [0.3, 0.4) is 0 Å². The number of aromatic nitrogens is 2. The summed E-state index contributed by atoms with van der Waals surface area (Å²) in [6.07, 6.45) is 1.37. The molecule has 0 unspecified atom stereocenters. The summed E-state index contributed by atoms with van der Waals surface area (Å²) in [4.78, 5) is 13.4. The van der Waals surface area contributed by atoms with Crippen molar-refractivity contribution in [2.45, 2.75) is 38.8 Å². The Labute approximate surface area is 145 Å². The molecule has 0 aliphatic carbocycles. The molecule has 24 heavy (non-hydrogen) atoms. The highest BCUT2D eigenvalue weighted by atomic mass is 32.2. The normalized spacial score (nSPS) is 20.8. The van der Waals surface area contributed by atoms with Crippen LogP contribution in [0.5, 0.6) is 0 Å². The van der Waals surface area contributed by atoms with Gasteiger partial charge in [-0.2, -0.15) is 5.10 Å². The number of rotatable bonds is 5. The van der Waals surface area contributed by atoms with Crippen LogP contribution in [0.4, 0.5) is 0 Å². The van der Waals surface area contributed by atoms with E-state index in [2.05, 4.69) is 10.4 Å². The lowest BCUT2D eigenvalue weighted by atomic mass is 10.2. The predicted molar refractivity (Wildman–Crippen MR) is 95.1 cm³/mol. The molecule has 2 atom stereocenters. The molecule has 1 saturated heterocycles. The zero-order valence-corrected chi connectivity index (χ0v) is 15.4. The number of amides is 1. The zero-order valence-electron chi connectivity index (χ0n) is 13.7. The van der Waals surface area contributed by atoms with Gasteiger partial charge in [0.05, 0.1) is 28.1 Å². The van der Waals surface area contributed by atoms with Gasteiger partial charge in [-0.15, -0.1) is 11.3 Å². The van der Waals surface area contributed by atoms with Crippen molar-refractivity contribution >= 4 is 27.1 Å². The lowest BCUT2D eigenvalue weighted by Crippen LogP contribution is -2.32. The number of hydrogen-bond acceptors (Lipinski definition) is 5. The van der Waals surface area contributed by atoms with Crippen molar-refractivity contribution in [3.63, 3.8) is 0 Å². The molecule has 1 aliphatic rings. The van der Waals surface area contributed by atoms with Crippen LogP contribution in [-0.4, -0.2) is 41.7 Å². The maximum Gasteiger partial charge on any atom is 0.272 e. The van der Waals surface area contributed by atoms with Gasteiger partial charge in [0.1, 0.15) is 0 Å². The molecule has 0 aromatic carbocycles. The molecule has 0 saturated carbocycles. The van der Waals surface area contributed by atoms with E-state index in [1.165, 1.54) is 0 Å². The van der Waals surface area contributed by atoms with Crippen molar-refractivity contribution < 1.29 is 13.2 Å². The Bertz CT molecular complexity index is 825. The van der Waals surface area contributed by atoms with Gasteiger partial charge < -0.3 is 5.32 Å². The fourth-order valence-electron chi connectivity index (χ4n) is 2.76. The van der Waals surface area contributed by atoms with Crippen LogP contribution >= 0.6 is 11.3 Å². The molecule has 1 aliphatic heterocycles. The standard InChI is InChI=1S/C16H21N3O3S2/c1-3-11(2)17-16(20)13-9-14(15-5-4-7-23-15)19(18-13)12-6-8-24(21,22)10-12/h4-5,7,9,11-12H,3,6,8,10H2,1-2H3,(H,17,20)/t11-,12+/m0/s1. The van der Waals surface area contributed by atoms with Crippen molar-refractivity contribution in [3.05, 3.63) is 29.3 Å². The molecule has 3 heterocycles. The predicted octanol–water partition coefficient (Wildman–Crippen LogP) is 2.50. The van der Waals surface area contributed by atoms with Gasteiger partial charge in [0.15, 0.2) is 15.5 Å². The molecule has 6 nitrogen and oxygen atoms in total. The number of carbonyl (C=O) groups is 1. The summed E-state index contributed by atoms with van der Waals surface area (Å²) in [5.74, 6) is 0.0386. The Balaban J connectivity index is 1.96. The average molecular weight is 367 g/mol. The molecular weight excluding hydrogens is 346 g/mol. The molecule has 1 amide bonds. The van der Waals surface area contributed by atoms with Crippen molar-refractivity contribution in [3.8, 4) is 10.6 Å². The molecule has 8 heteroatoms. The first kappa shape index (κ1) is 17.2. The molecule has 1 fully saturated rings. The molecule has 130 valence electrons. The van der Waals surface area contributed by atoms with Crippen LogP contribution in [-0.2, 0) is 9.84 Å². The van der Waals surface area contributed by atoms with E-state index in [9.17, 15) is 13.2 Å². The highest BCUT2D eigenvalue weighted by Crippen LogP contribution is 2.32. The summed E-state index contributed by atoms with van der Waals surface area (Å²) in [6.45, 7) is 3.95. The second-order valence-electron chi connectivity index (χ2n) is 6.18. The van der Waals surface area contributed by atoms with Gasteiger partial charge in [-0.25, -0.2) is 8.42 Å². The van der Waals surface area contributed by atoms with Crippen molar-refractivity contribution in [2.24, 2.45) is 0 Å². The first-order chi connectivity index (χ1) is 11.4. The van der Waals surface area contributed by atoms with Gasteiger partial charge in [0, 0.05) is 6.04 Å². The van der Waals surface area contributed by atoms with Crippen LogP contribution in [0.15, 0.2) is 23.6 Å². The number of nitrogens with one attached hydrogen (secondary N) is 1. The summed E-state index contributed by atoms with van der Waals surface area (Å²) in [7, 11) is -3.02. The molecule has 2 aromatic heterocycles. The van der Waals surface area contributed by atoms with Crippen molar-refractivity contribution in [1.29, 1.82) is 0 Å². The molecular formula is C16H21N3O3S2. The van der Waals surface area contributed by atoms with E-state index in [0.717, 1.165) is 17.0 Å². The SMILES string of the molecule is CC[C@H](C)NC(=O)c1cc(-c2cccs2)n([C@@H]2CCS(=O)(=O)C2)n1. The second kappa shape index (κ2) is 6.68. The third-order valence-corrected chi connectivity index (χ3v) is 6.93. The van der Waals surface area contributed by atoms with E-state index in [4.69, 9.17) is 0 Å². The highest BCUT2D eigenvalue weighted by molar-refractivity contribution is 7.91. The topological polar surface area (TPSA) is 81.1 Å². The molecule has 3 rings (SSSR count). The van der Waals surface area contributed by atoms with Gasteiger partial charge in [-0.3, -0.25) is 9.48 Å². The monoisotopic (exact) mass is 367 g/mol. The minimum absolute atomic E-state index is 0.0692. The Morgan fingerprint density at radius 3 is 2.92 bits per heavy atom.